The Hall–Kier alpha value is -0.610. The van der Waals surface area contributed by atoms with E-state index in [1.165, 1.54) is 0 Å². The zero-order chi connectivity index (χ0) is 15.1. The fourth-order valence-corrected chi connectivity index (χ4v) is 3.88. The summed E-state index contributed by atoms with van der Waals surface area (Å²) >= 11 is 0. The second-order valence-corrected chi connectivity index (χ2v) is 7.97. The molecule has 4 heteroatoms. The van der Waals surface area contributed by atoms with Crippen LogP contribution in [0.3, 0.4) is 0 Å². The van der Waals surface area contributed by atoms with Crippen molar-refractivity contribution in [3.8, 4) is 0 Å². The maximum atomic E-state index is 12.9. The van der Waals surface area contributed by atoms with Crippen LogP contribution in [0.5, 0.6) is 0 Å². The zero-order valence-electron chi connectivity index (χ0n) is 13.6. The number of rotatable bonds is 1. The maximum absolute atomic E-state index is 12.9. The molecule has 0 aromatic rings. The highest BCUT2D eigenvalue weighted by molar-refractivity contribution is 5.79. The minimum absolute atomic E-state index is 0.0865. The lowest BCUT2D eigenvalue weighted by Gasteiger charge is -2.48. The first kappa shape index (κ1) is 15.8. The first-order chi connectivity index (χ1) is 9.10. The highest BCUT2D eigenvalue weighted by atomic mass is 16.5. The van der Waals surface area contributed by atoms with Crippen molar-refractivity contribution in [2.75, 3.05) is 13.1 Å². The molecule has 2 aliphatic rings. The Morgan fingerprint density at radius 1 is 1.15 bits per heavy atom. The topological polar surface area (TPSA) is 55.6 Å². The minimum Gasteiger partial charge on any atom is -0.366 e. The molecule has 1 heterocycles. The zero-order valence-corrected chi connectivity index (χ0v) is 13.6. The highest BCUT2D eigenvalue weighted by Crippen LogP contribution is 2.34. The summed E-state index contributed by atoms with van der Waals surface area (Å²) in [5.74, 6) is 0.803. The first-order valence-electron chi connectivity index (χ1n) is 7.84. The van der Waals surface area contributed by atoms with Crippen molar-refractivity contribution < 1.29 is 9.53 Å². The van der Waals surface area contributed by atoms with Gasteiger partial charge in [0.15, 0.2) is 0 Å². The van der Waals surface area contributed by atoms with E-state index >= 15 is 0 Å². The summed E-state index contributed by atoms with van der Waals surface area (Å²) in [5, 5.41) is 0. The van der Waals surface area contributed by atoms with Crippen LogP contribution in [0.4, 0.5) is 0 Å². The minimum atomic E-state index is -0.280. The van der Waals surface area contributed by atoms with Gasteiger partial charge in [0.1, 0.15) is 0 Å². The van der Waals surface area contributed by atoms with Crippen molar-refractivity contribution in [1.82, 2.24) is 4.90 Å². The number of hydrogen-bond donors (Lipinski definition) is 1. The van der Waals surface area contributed by atoms with Crippen LogP contribution in [0.15, 0.2) is 0 Å². The molecular weight excluding hydrogens is 252 g/mol. The Bertz CT molecular complexity index is 363. The predicted molar refractivity (Wildman–Crippen MR) is 80.3 cm³/mol. The average Bonchev–Trinajstić information content (AvgIpc) is 2.27. The number of nitrogens with two attached hydrogens (primary N) is 1. The lowest BCUT2D eigenvalue weighted by Crippen LogP contribution is -2.60. The molecule has 3 unspecified atom stereocenters. The van der Waals surface area contributed by atoms with Gasteiger partial charge in [-0.05, 0) is 52.9 Å². The number of carbonyl (C=O) groups is 1. The van der Waals surface area contributed by atoms with Crippen molar-refractivity contribution in [3.63, 3.8) is 0 Å². The largest absolute Gasteiger partial charge is 0.366 e. The van der Waals surface area contributed by atoms with Crippen molar-refractivity contribution in [3.05, 3.63) is 0 Å². The van der Waals surface area contributed by atoms with Crippen LogP contribution in [-0.4, -0.2) is 41.1 Å². The van der Waals surface area contributed by atoms with Crippen molar-refractivity contribution in [2.45, 2.75) is 71.1 Å². The van der Waals surface area contributed by atoms with Gasteiger partial charge in [-0.15, -0.1) is 0 Å². The van der Waals surface area contributed by atoms with Crippen molar-refractivity contribution in [2.24, 2.45) is 17.6 Å². The van der Waals surface area contributed by atoms with E-state index in [1.54, 1.807) is 0 Å². The number of carbonyl (C=O) groups excluding carboxylic acids is 1. The Labute approximate surface area is 123 Å². The summed E-state index contributed by atoms with van der Waals surface area (Å²) in [6.45, 7) is 11.8. The van der Waals surface area contributed by atoms with Gasteiger partial charge in [0.05, 0.1) is 11.2 Å². The number of ether oxygens (including phenoxy) is 1. The number of nitrogens with zero attached hydrogens (tertiary/aromatic N) is 1. The number of amides is 1. The molecular formula is C16H30N2O2. The van der Waals surface area contributed by atoms with Gasteiger partial charge in [0, 0.05) is 25.0 Å². The second kappa shape index (κ2) is 5.30. The molecule has 3 atom stereocenters. The van der Waals surface area contributed by atoms with E-state index < -0.39 is 0 Å². The van der Waals surface area contributed by atoms with Gasteiger partial charge in [-0.3, -0.25) is 4.79 Å². The SMILES string of the molecule is CC1CCC(N)CC1C(=O)N1CC(C)(C)OC(C)(C)C1. The summed E-state index contributed by atoms with van der Waals surface area (Å²) in [6, 6.07) is 0.183. The molecule has 2 fully saturated rings. The van der Waals surface area contributed by atoms with Gasteiger partial charge >= 0.3 is 0 Å². The molecule has 0 radical (unpaired) electrons. The summed E-state index contributed by atoms with van der Waals surface area (Å²) in [5.41, 5.74) is 5.51. The lowest BCUT2D eigenvalue weighted by atomic mass is 9.77. The molecule has 4 nitrogen and oxygen atoms in total. The summed E-state index contributed by atoms with van der Waals surface area (Å²) in [7, 11) is 0. The Balaban J connectivity index is 2.11. The molecule has 1 aliphatic heterocycles. The molecule has 0 bridgehead atoms. The summed E-state index contributed by atoms with van der Waals surface area (Å²) < 4.78 is 6.06. The van der Waals surface area contributed by atoms with Crippen molar-refractivity contribution in [1.29, 1.82) is 0 Å². The molecule has 0 aromatic carbocycles. The molecule has 1 saturated heterocycles. The van der Waals surface area contributed by atoms with Gasteiger partial charge in [-0.2, -0.15) is 0 Å². The third kappa shape index (κ3) is 3.53. The third-order valence-electron chi connectivity index (χ3n) is 4.56. The highest BCUT2D eigenvalue weighted by Gasteiger charge is 2.43. The molecule has 0 aromatic heterocycles. The van der Waals surface area contributed by atoms with Crippen LogP contribution in [0, 0.1) is 11.8 Å². The monoisotopic (exact) mass is 282 g/mol. The standard InChI is InChI=1S/C16H30N2O2/c1-11-6-7-12(17)8-13(11)14(19)18-9-15(2,3)20-16(4,5)10-18/h11-13H,6-10,17H2,1-5H3. The molecule has 1 amide bonds. The van der Waals surface area contributed by atoms with Gasteiger partial charge in [0.25, 0.3) is 0 Å². The van der Waals surface area contributed by atoms with Gasteiger partial charge in [-0.25, -0.2) is 0 Å². The predicted octanol–water partition coefficient (Wildman–Crippen LogP) is 2.17. The molecule has 2 N–H and O–H groups in total. The average molecular weight is 282 g/mol. The lowest BCUT2D eigenvalue weighted by molar-refractivity contribution is -0.191. The molecule has 2 rings (SSSR count). The maximum Gasteiger partial charge on any atom is 0.226 e. The van der Waals surface area contributed by atoms with E-state index in [0.717, 1.165) is 19.3 Å². The van der Waals surface area contributed by atoms with Crippen LogP contribution in [0.25, 0.3) is 0 Å². The Kier molecular flexibility index (Phi) is 4.18. The van der Waals surface area contributed by atoms with Gasteiger partial charge in [-0.1, -0.05) is 6.92 Å². The van der Waals surface area contributed by atoms with E-state index in [2.05, 4.69) is 34.6 Å². The molecule has 20 heavy (non-hydrogen) atoms. The van der Waals surface area contributed by atoms with Crippen LogP contribution in [0.2, 0.25) is 0 Å². The molecule has 0 spiro atoms. The van der Waals surface area contributed by atoms with Crippen LogP contribution < -0.4 is 5.73 Å². The molecule has 1 saturated carbocycles. The van der Waals surface area contributed by atoms with Crippen LogP contribution in [0.1, 0.15) is 53.9 Å². The van der Waals surface area contributed by atoms with E-state index in [1.807, 2.05) is 4.90 Å². The van der Waals surface area contributed by atoms with Gasteiger partial charge < -0.3 is 15.4 Å². The Morgan fingerprint density at radius 2 is 1.70 bits per heavy atom. The van der Waals surface area contributed by atoms with E-state index in [-0.39, 0.29) is 29.1 Å². The normalized spacial score (nSPS) is 36.7. The van der Waals surface area contributed by atoms with Crippen molar-refractivity contribution >= 4 is 5.91 Å². The van der Waals surface area contributed by atoms with E-state index in [4.69, 9.17) is 10.5 Å². The Morgan fingerprint density at radius 3 is 2.25 bits per heavy atom. The second-order valence-electron chi connectivity index (χ2n) is 7.97. The van der Waals surface area contributed by atoms with E-state index in [9.17, 15) is 4.79 Å². The van der Waals surface area contributed by atoms with Crippen LogP contribution >= 0.6 is 0 Å². The van der Waals surface area contributed by atoms with Crippen LogP contribution in [-0.2, 0) is 9.53 Å². The van der Waals surface area contributed by atoms with E-state index in [0.29, 0.717) is 19.0 Å². The number of hydrogen-bond acceptors (Lipinski definition) is 3. The fraction of sp³-hybridized carbons (Fsp3) is 0.938. The summed E-state index contributed by atoms with van der Waals surface area (Å²) in [6.07, 6.45) is 2.94. The molecule has 1 aliphatic carbocycles. The smallest absolute Gasteiger partial charge is 0.226 e. The quantitative estimate of drug-likeness (QED) is 0.802. The number of morpholine rings is 1. The molecule has 116 valence electrons. The summed E-state index contributed by atoms with van der Waals surface area (Å²) in [4.78, 5) is 14.9. The van der Waals surface area contributed by atoms with Gasteiger partial charge in [0.2, 0.25) is 5.91 Å². The first-order valence-corrected chi connectivity index (χ1v) is 7.84. The third-order valence-corrected chi connectivity index (χ3v) is 4.56. The fourth-order valence-electron chi connectivity index (χ4n) is 3.88.